The van der Waals surface area contributed by atoms with Gasteiger partial charge in [0.25, 0.3) is 0 Å². The molecule has 0 aliphatic rings. The average molecular weight is 194 g/mol. The monoisotopic (exact) mass is 194 g/mol. The summed E-state index contributed by atoms with van der Waals surface area (Å²) in [5, 5.41) is 2.48. The number of nitrogens with one attached hydrogen (secondary N) is 1. The number of rotatable bonds is 5. The van der Waals surface area contributed by atoms with Crippen molar-refractivity contribution in [2.24, 2.45) is 11.7 Å². The Morgan fingerprint density at radius 2 is 2.00 bits per heavy atom. The van der Waals surface area contributed by atoms with Gasteiger partial charge < -0.3 is 11.1 Å². The summed E-state index contributed by atoms with van der Waals surface area (Å²) in [6.45, 7) is 8.40. The highest BCUT2D eigenvalue weighted by molar-refractivity contribution is 5.99. The van der Waals surface area contributed by atoms with Crippen LogP contribution in [0.5, 0.6) is 0 Å². The van der Waals surface area contributed by atoms with Gasteiger partial charge in [-0.3, -0.25) is 9.59 Å². The molecule has 0 aromatic carbocycles. The molecule has 0 aliphatic heterocycles. The maximum Gasteiger partial charge on any atom is 0.236 e. The fourth-order valence-corrected chi connectivity index (χ4v) is 0.667. The van der Waals surface area contributed by atoms with Crippen molar-refractivity contribution in [2.45, 2.75) is 6.92 Å². The van der Waals surface area contributed by atoms with Crippen LogP contribution >= 0.6 is 0 Å². The Balaban J connectivity index is 4.44. The Labute approximate surface area is 83.2 Å². The second kappa shape index (κ2) is 5.75. The van der Waals surface area contributed by atoms with Gasteiger partial charge in [0, 0.05) is 5.70 Å². The number of carbonyl (C=O) groups excluding carboxylic acids is 2. The molecule has 4 nitrogen and oxygen atoms in total. The first-order chi connectivity index (χ1) is 6.52. The molecule has 2 amide bonds. The highest BCUT2D eigenvalue weighted by Gasteiger charge is 2.18. The van der Waals surface area contributed by atoms with E-state index in [9.17, 15) is 9.59 Å². The molecule has 0 bridgehead atoms. The molecule has 4 heteroatoms. The molecule has 0 aliphatic carbocycles. The maximum absolute atomic E-state index is 11.3. The molecular weight excluding hydrogens is 180 g/mol. The van der Waals surface area contributed by atoms with E-state index in [0.717, 1.165) is 0 Å². The summed E-state index contributed by atoms with van der Waals surface area (Å²) in [4.78, 5) is 22.0. The quantitative estimate of drug-likeness (QED) is 0.493. The Hall–Kier alpha value is -1.84. The normalized spacial score (nSPS) is 12.8. The predicted octanol–water partition coefficient (Wildman–Crippen LogP) is 0.480. The van der Waals surface area contributed by atoms with Crippen LogP contribution in [0.25, 0.3) is 0 Å². The fraction of sp³-hybridized carbons (Fsp3) is 0.200. The smallest absolute Gasteiger partial charge is 0.236 e. The average Bonchev–Trinajstić information content (AvgIpc) is 2.15. The van der Waals surface area contributed by atoms with Gasteiger partial charge in [0.05, 0.1) is 0 Å². The van der Waals surface area contributed by atoms with Crippen molar-refractivity contribution >= 4 is 11.8 Å². The van der Waals surface area contributed by atoms with E-state index in [0.29, 0.717) is 5.70 Å². The van der Waals surface area contributed by atoms with Crippen LogP contribution in [-0.4, -0.2) is 11.8 Å². The highest BCUT2D eigenvalue weighted by Crippen LogP contribution is 1.97. The first-order valence-electron chi connectivity index (χ1n) is 4.08. The highest BCUT2D eigenvalue weighted by atomic mass is 16.2. The molecule has 0 fully saturated rings. The van der Waals surface area contributed by atoms with E-state index in [2.05, 4.69) is 18.5 Å². The summed E-state index contributed by atoms with van der Waals surface area (Å²) in [5.74, 6) is -1.97. The molecule has 1 unspecified atom stereocenters. The van der Waals surface area contributed by atoms with Crippen LogP contribution in [0.4, 0.5) is 0 Å². The second-order valence-electron chi connectivity index (χ2n) is 2.68. The molecule has 14 heavy (non-hydrogen) atoms. The lowest BCUT2D eigenvalue weighted by Gasteiger charge is -2.08. The van der Waals surface area contributed by atoms with Gasteiger partial charge in [-0.1, -0.05) is 19.2 Å². The second-order valence-corrected chi connectivity index (χ2v) is 2.68. The Bertz CT molecular complexity index is 292. The molecule has 0 aromatic rings. The fourth-order valence-electron chi connectivity index (χ4n) is 0.667. The zero-order chi connectivity index (χ0) is 11.1. The van der Waals surface area contributed by atoms with E-state index >= 15 is 0 Å². The Morgan fingerprint density at radius 3 is 2.36 bits per heavy atom. The molecular formula is C10H14N2O2. The first-order valence-corrected chi connectivity index (χ1v) is 4.08. The lowest BCUT2D eigenvalue weighted by molar-refractivity contribution is -0.132. The molecule has 76 valence electrons. The van der Waals surface area contributed by atoms with Crippen molar-refractivity contribution in [1.29, 1.82) is 0 Å². The van der Waals surface area contributed by atoms with Crippen molar-refractivity contribution in [1.82, 2.24) is 5.32 Å². The van der Waals surface area contributed by atoms with Crippen LogP contribution in [0.2, 0.25) is 0 Å². The first kappa shape index (κ1) is 12.2. The standard InChI is InChI=1S/C10H14N2O2/c1-4-6-8(5-2)12-10(14)7(3)9(11)13/h4-7H,1-2H2,3H3,(H2,11,13)(H,12,14)/b8-6+. The van der Waals surface area contributed by atoms with E-state index in [1.807, 2.05) is 0 Å². The molecule has 0 spiro atoms. The molecule has 0 radical (unpaired) electrons. The number of hydrogen-bond acceptors (Lipinski definition) is 2. The Morgan fingerprint density at radius 1 is 1.43 bits per heavy atom. The molecule has 0 aromatic heterocycles. The third-order valence-electron chi connectivity index (χ3n) is 1.60. The van der Waals surface area contributed by atoms with Gasteiger partial charge in [-0.25, -0.2) is 0 Å². The van der Waals surface area contributed by atoms with Gasteiger partial charge in [-0.2, -0.15) is 0 Å². The molecule has 3 N–H and O–H groups in total. The van der Waals surface area contributed by atoms with Gasteiger partial charge in [-0.05, 0) is 19.1 Å². The number of carbonyl (C=O) groups is 2. The molecule has 0 rings (SSSR count). The number of nitrogens with two attached hydrogens (primary N) is 1. The van der Waals surface area contributed by atoms with Gasteiger partial charge in [-0.15, -0.1) is 0 Å². The van der Waals surface area contributed by atoms with Gasteiger partial charge in [0.2, 0.25) is 11.8 Å². The molecule has 0 saturated heterocycles. The summed E-state index contributed by atoms with van der Waals surface area (Å²) in [7, 11) is 0. The zero-order valence-electron chi connectivity index (χ0n) is 8.12. The number of primary amides is 1. The lowest BCUT2D eigenvalue weighted by atomic mass is 10.1. The number of amides is 2. The topological polar surface area (TPSA) is 72.2 Å². The number of allylic oxidation sites excluding steroid dienone is 3. The minimum atomic E-state index is -0.858. The van der Waals surface area contributed by atoms with Crippen LogP contribution in [-0.2, 0) is 9.59 Å². The third-order valence-corrected chi connectivity index (χ3v) is 1.60. The van der Waals surface area contributed by atoms with Gasteiger partial charge >= 0.3 is 0 Å². The minimum Gasteiger partial charge on any atom is -0.369 e. The van der Waals surface area contributed by atoms with E-state index in [-0.39, 0.29) is 0 Å². The van der Waals surface area contributed by atoms with Crippen molar-refractivity contribution in [2.75, 3.05) is 0 Å². The van der Waals surface area contributed by atoms with E-state index in [1.54, 1.807) is 6.08 Å². The summed E-state index contributed by atoms with van der Waals surface area (Å²) in [5.41, 5.74) is 5.45. The van der Waals surface area contributed by atoms with Crippen LogP contribution in [0.15, 0.2) is 37.1 Å². The summed E-state index contributed by atoms with van der Waals surface area (Å²) < 4.78 is 0. The number of hydrogen-bond donors (Lipinski definition) is 2. The van der Waals surface area contributed by atoms with Gasteiger partial charge in [0.15, 0.2) is 0 Å². The maximum atomic E-state index is 11.3. The summed E-state index contributed by atoms with van der Waals surface area (Å²) >= 11 is 0. The van der Waals surface area contributed by atoms with E-state index < -0.39 is 17.7 Å². The molecule has 0 saturated carbocycles. The van der Waals surface area contributed by atoms with Crippen LogP contribution in [0.1, 0.15) is 6.92 Å². The van der Waals surface area contributed by atoms with Crippen molar-refractivity contribution in [3.63, 3.8) is 0 Å². The van der Waals surface area contributed by atoms with Gasteiger partial charge in [0.1, 0.15) is 5.92 Å². The lowest BCUT2D eigenvalue weighted by Crippen LogP contribution is -2.36. The third kappa shape index (κ3) is 3.71. The molecule has 1 atom stereocenters. The van der Waals surface area contributed by atoms with Crippen LogP contribution in [0.3, 0.4) is 0 Å². The molecule has 0 heterocycles. The summed E-state index contributed by atoms with van der Waals surface area (Å²) in [6, 6.07) is 0. The van der Waals surface area contributed by atoms with E-state index in [4.69, 9.17) is 5.73 Å². The largest absolute Gasteiger partial charge is 0.369 e. The van der Waals surface area contributed by atoms with Crippen LogP contribution < -0.4 is 11.1 Å². The van der Waals surface area contributed by atoms with Crippen molar-refractivity contribution in [3.05, 3.63) is 37.1 Å². The van der Waals surface area contributed by atoms with E-state index in [1.165, 1.54) is 19.1 Å². The summed E-state index contributed by atoms with van der Waals surface area (Å²) in [6.07, 6.45) is 4.53. The zero-order valence-corrected chi connectivity index (χ0v) is 8.12. The predicted molar refractivity (Wildman–Crippen MR) is 55.0 cm³/mol. The van der Waals surface area contributed by atoms with Crippen LogP contribution in [0, 0.1) is 5.92 Å². The minimum absolute atomic E-state index is 0.453. The SMILES string of the molecule is C=C/C=C(\C=C)NC(=O)C(C)C(N)=O. The Kier molecular flexibility index (Phi) is 4.99. The van der Waals surface area contributed by atoms with Crippen molar-refractivity contribution in [3.8, 4) is 0 Å². The van der Waals surface area contributed by atoms with Crippen molar-refractivity contribution < 1.29 is 9.59 Å².